The van der Waals surface area contributed by atoms with Crippen LogP contribution in [0, 0.1) is 6.92 Å². The van der Waals surface area contributed by atoms with Gasteiger partial charge in [-0.25, -0.2) is 4.98 Å². The van der Waals surface area contributed by atoms with E-state index in [9.17, 15) is 9.90 Å². The molecule has 1 aliphatic carbocycles. The van der Waals surface area contributed by atoms with Crippen LogP contribution in [-0.2, 0) is 12.1 Å². The second-order valence-corrected chi connectivity index (χ2v) is 8.11. The van der Waals surface area contributed by atoms with E-state index >= 15 is 0 Å². The lowest BCUT2D eigenvalue weighted by Gasteiger charge is -2.16. The third kappa shape index (κ3) is 3.26. The molecular formula is C22H20ClN5O2. The second kappa shape index (κ2) is 6.97. The first kappa shape index (κ1) is 18.8. The van der Waals surface area contributed by atoms with E-state index in [2.05, 4.69) is 25.5 Å². The molecule has 30 heavy (non-hydrogen) atoms. The van der Waals surface area contributed by atoms with Gasteiger partial charge in [-0.05, 0) is 55.2 Å². The molecule has 0 bridgehead atoms. The molecule has 152 valence electrons. The number of rotatable bonds is 5. The van der Waals surface area contributed by atoms with Gasteiger partial charge < -0.3 is 15.4 Å². The Morgan fingerprint density at radius 1 is 1.30 bits per heavy atom. The van der Waals surface area contributed by atoms with Crippen LogP contribution in [0.3, 0.4) is 0 Å². The van der Waals surface area contributed by atoms with Crippen LogP contribution in [-0.4, -0.2) is 31.2 Å². The van der Waals surface area contributed by atoms with Crippen molar-refractivity contribution in [3.05, 3.63) is 70.1 Å². The molecule has 8 heteroatoms. The van der Waals surface area contributed by atoms with Gasteiger partial charge in [0.25, 0.3) is 5.91 Å². The Labute approximate surface area is 177 Å². The lowest BCUT2D eigenvalue weighted by Crippen LogP contribution is -2.25. The molecule has 1 saturated carbocycles. The maximum Gasteiger partial charge on any atom is 0.268 e. The minimum absolute atomic E-state index is 0.235. The molecule has 4 N–H and O–H groups in total. The fraction of sp³-hybridized carbons (Fsp3) is 0.227. The molecule has 5 rings (SSSR count). The van der Waals surface area contributed by atoms with E-state index in [0.29, 0.717) is 29.2 Å². The number of aromatic nitrogens is 4. The molecule has 3 aromatic heterocycles. The molecule has 0 aliphatic heterocycles. The molecule has 0 radical (unpaired) electrons. The molecule has 1 aromatic carbocycles. The van der Waals surface area contributed by atoms with Gasteiger partial charge in [-0.3, -0.25) is 9.89 Å². The summed E-state index contributed by atoms with van der Waals surface area (Å²) >= 11 is 6.35. The molecule has 0 spiro atoms. The van der Waals surface area contributed by atoms with Crippen LogP contribution < -0.4 is 5.32 Å². The number of pyridine rings is 1. The molecule has 3 heterocycles. The number of carbonyl (C=O) groups is 1. The predicted octanol–water partition coefficient (Wildman–Crippen LogP) is 3.83. The van der Waals surface area contributed by atoms with Crippen molar-refractivity contribution >= 4 is 28.5 Å². The summed E-state index contributed by atoms with van der Waals surface area (Å²) in [5.74, 6) is -0.261. The number of hydrogen-bond acceptors (Lipinski definition) is 4. The number of halogens is 1. The molecule has 0 saturated heterocycles. The lowest BCUT2D eigenvalue weighted by molar-refractivity contribution is 0.0945. The Morgan fingerprint density at radius 3 is 2.87 bits per heavy atom. The van der Waals surface area contributed by atoms with E-state index in [4.69, 9.17) is 11.6 Å². The molecule has 7 nitrogen and oxygen atoms in total. The molecule has 0 unspecified atom stereocenters. The number of nitrogens with one attached hydrogen (secondary N) is 3. The number of hydrogen-bond donors (Lipinski definition) is 4. The SMILES string of the molecule is Cc1[nH]ncc1-c1ccc2cc(C(=O)NCc3c(Cl)cccc3C3(O)CC3)[nH]c2n1. The number of H-pyrrole nitrogens is 2. The number of nitrogens with zero attached hydrogens (tertiary/aromatic N) is 2. The van der Waals surface area contributed by atoms with Gasteiger partial charge in [-0.1, -0.05) is 23.7 Å². The topological polar surface area (TPSA) is 107 Å². The minimum Gasteiger partial charge on any atom is -0.385 e. The lowest BCUT2D eigenvalue weighted by atomic mass is 10.0. The van der Waals surface area contributed by atoms with Crippen LogP contribution in [0.1, 0.15) is 40.2 Å². The molecule has 0 atom stereocenters. The Hall–Kier alpha value is -3.16. The van der Waals surface area contributed by atoms with Gasteiger partial charge in [0, 0.05) is 28.2 Å². The maximum absolute atomic E-state index is 12.8. The van der Waals surface area contributed by atoms with Crippen molar-refractivity contribution < 1.29 is 9.90 Å². The van der Waals surface area contributed by atoms with Crippen molar-refractivity contribution in [3.63, 3.8) is 0 Å². The first-order chi connectivity index (χ1) is 14.4. The summed E-state index contributed by atoms with van der Waals surface area (Å²) < 4.78 is 0. The van der Waals surface area contributed by atoms with Crippen LogP contribution in [0.5, 0.6) is 0 Å². The third-order valence-corrected chi connectivity index (χ3v) is 5.95. The van der Waals surface area contributed by atoms with Gasteiger partial charge in [-0.2, -0.15) is 5.10 Å². The summed E-state index contributed by atoms with van der Waals surface area (Å²) in [6.45, 7) is 2.17. The fourth-order valence-electron chi connectivity index (χ4n) is 3.71. The Morgan fingerprint density at radius 2 is 2.13 bits per heavy atom. The van der Waals surface area contributed by atoms with Crippen LogP contribution in [0.15, 0.2) is 42.6 Å². The summed E-state index contributed by atoms with van der Waals surface area (Å²) in [6.07, 6.45) is 3.15. The van der Waals surface area contributed by atoms with E-state index in [0.717, 1.165) is 33.5 Å². The van der Waals surface area contributed by atoms with Crippen molar-refractivity contribution in [3.8, 4) is 11.3 Å². The molecule has 4 aromatic rings. The first-order valence-electron chi connectivity index (χ1n) is 9.73. The zero-order chi connectivity index (χ0) is 20.9. The fourth-order valence-corrected chi connectivity index (χ4v) is 3.95. The van der Waals surface area contributed by atoms with Crippen molar-refractivity contribution in [1.82, 2.24) is 25.5 Å². The number of fused-ring (bicyclic) bond motifs is 1. The molecule has 1 fully saturated rings. The maximum atomic E-state index is 12.8. The Kier molecular flexibility index (Phi) is 4.38. The highest BCUT2D eigenvalue weighted by atomic mass is 35.5. The van der Waals surface area contributed by atoms with Crippen molar-refractivity contribution in [2.24, 2.45) is 0 Å². The number of aromatic amines is 2. The Balaban J connectivity index is 1.38. The smallest absolute Gasteiger partial charge is 0.268 e. The summed E-state index contributed by atoms with van der Waals surface area (Å²) in [7, 11) is 0. The largest absolute Gasteiger partial charge is 0.385 e. The first-order valence-corrected chi connectivity index (χ1v) is 10.1. The van der Waals surface area contributed by atoms with E-state index < -0.39 is 5.60 Å². The molecule has 1 amide bonds. The minimum atomic E-state index is -0.822. The zero-order valence-corrected chi connectivity index (χ0v) is 17.0. The van der Waals surface area contributed by atoms with Crippen LogP contribution in [0.25, 0.3) is 22.3 Å². The predicted molar refractivity (Wildman–Crippen MR) is 114 cm³/mol. The second-order valence-electron chi connectivity index (χ2n) is 7.71. The van der Waals surface area contributed by atoms with Gasteiger partial charge in [0.1, 0.15) is 11.3 Å². The van der Waals surface area contributed by atoms with Gasteiger partial charge in [0.2, 0.25) is 0 Å². The van der Waals surface area contributed by atoms with Crippen molar-refractivity contribution in [2.45, 2.75) is 31.9 Å². The molecule has 1 aliphatic rings. The monoisotopic (exact) mass is 421 g/mol. The normalized spacial score (nSPS) is 14.8. The van der Waals surface area contributed by atoms with Gasteiger partial charge >= 0.3 is 0 Å². The van der Waals surface area contributed by atoms with E-state index in [1.54, 1.807) is 18.3 Å². The standard InChI is InChI=1S/C22H20ClN5O2/c1-12-14(11-25-28-12)18-6-5-13-9-19(27-20(13)26-18)21(29)24-10-15-16(22(30)7-8-22)3-2-4-17(15)23/h2-6,9,11,30H,7-8,10H2,1H3,(H,24,29)(H,25,28)(H,26,27). The number of carbonyl (C=O) groups excluding carboxylic acids is 1. The molecular weight excluding hydrogens is 402 g/mol. The Bertz CT molecular complexity index is 1270. The summed E-state index contributed by atoms with van der Waals surface area (Å²) in [4.78, 5) is 20.5. The van der Waals surface area contributed by atoms with E-state index in [1.807, 2.05) is 31.2 Å². The third-order valence-electron chi connectivity index (χ3n) is 5.60. The summed E-state index contributed by atoms with van der Waals surface area (Å²) in [5.41, 5.74) is 4.38. The van der Waals surface area contributed by atoms with Crippen LogP contribution in [0.4, 0.5) is 0 Å². The number of amides is 1. The highest BCUT2D eigenvalue weighted by Gasteiger charge is 2.43. The average Bonchev–Trinajstić information content (AvgIpc) is 3.13. The van der Waals surface area contributed by atoms with Crippen molar-refractivity contribution in [2.75, 3.05) is 0 Å². The van der Waals surface area contributed by atoms with Gasteiger partial charge in [-0.15, -0.1) is 0 Å². The quantitative estimate of drug-likeness (QED) is 0.393. The summed E-state index contributed by atoms with van der Waals surface area (Å²) in [5, 5.41) is 21.7. The highest BCUT2D eigenvalue weighted by molar-refractivity contribution is 6.31. The number of aryl methyl sites for hydroxylation is 1. The van der Waals surface area contributed by atoms with Gasteiger partial charge in [0.15, 0.2) is 0 Å². The highest BCUT2D eigenvalue weighted by Crippen LogP contribution is 2.47. The van der Waals surface area contributed by atoms with E-state index in [-0.39, 0.29) is 12.5 Å². The number of benzene rings is 1. The average molecular weight is 422 g/mol. The van der Waals surface area contributed by atoms with Crippen LogP contribution in [0.2, 0.25) is 5.02 Å². The zero-order valence-electron chi connectivity index (χ0n) is 16.3. The van der Waals surface area contributed by atoms with E-state index in [1.165, 1.54) is 0 Å². The summed E-state index contributed by atoms with van der Waals surface area (Å²) in [6, 6.07) is 11.1. The van der Waals surface area contributed by atoms with Gasteiger partial charge in [0.05, 0.1) is 17.5 Å². The van der Waals surface area contributed by atoms with Crippen LogP contribution >= 0.6 is 11.6 Å². The number of aliphatic hydroxyl groups is 1. The van der Waals surface area contributed by atoms with Crippen molar-refractivity contribution in [1.29, 1.82) is 0 Å².